The Balaban J connectivity index is 1.51. The maximum atomic E-state index is 14.3. The van der Waals surface area contributed by atoms with E-state index in [2.05, 4.69) is 9.97 Å². The van der Waals surface area contributed by atoms with Crippen LogP contribution in [0.25, 0.3) is 11.0 Å². The Kier molecular flexibility index (Phi) is 6.11. The van der Waals surface area contributed by atoms with Crippen molar-refractivity contribution in [3.8, 4) is 0 Å². The van der Waals surface area contributed by atoms with Gasteiger partial charge in [0, 0.05) is 44.5 Å². The molecule has 0 saturated carbocycles. The van der Waals surface area contributed by atoms with Crippen LogP contribution in [0.15, 0.2) is 36.7 Å². The summed E-state index contributed by atoms with van der Waals surface area (Å²) in [5.74, 6) is -0.104. The molecule has 1 amide bonds. The van der Waals surface area contributed by atoms with Crippen LogP contribution in [0.4, 0.5) is 4.39 Å². The van der Waals surface area contributed by atoms with Gasteiger partial charge in [-0.3, -0.25) is 4.79 Å². The number of H-pyrrole nitrogens is 1. The highest BCUT2D eigenvalue weighted by Crippen LogP contribution is 2.32. The second-order valence-corrected chi connectivity index (χ2v) is 7.77. The third-order valence-corrected chi connectivity index (χ3v) is 5.98. The topological polar surface area (TPSA) is 84.2 Å². The Labute approximate surface area is 175 Å². The number of nitrogens with one attached hydrogen (secondary N) is 1. The van der Waals surface area contributed by atoms with Crippen molar-refractivity contribution in [2.75, 3.05) is 26.8 Å². The quantitative estimate of drug-likeness (QED) is 0.653. The summed E-state index contributed by atoms with van der Waals surface area (Å²) in [5.41, 5.74) is 9.74. The molecule has 4 rings (SSSR count). The third kappa shape index (κ3) is 3.95. The van der Waals surface area contributed by atoms with E-state index in [4.69, 9.17) is 10.5 Å². The van der Waals surface area contributed by atoms with Crippen LogP contribution in [0.5, 0.6) is 0 Å². The maximum absolute atomic E-state index is 14.3. The molecule has 3 N–H and O–H groups in total. The number of nitrogens with two attached hydrogens (primary N) is 1. The van der Waals surface area contributed by atoms with E-state index in [1.807, 2.05) is 17.0 Å². The molecule has 1 aliphatic heterocycles. The summed E-state index contributed by atoms with van der Waals surface area (Å²) < 4.78 is 19.6. The van der Waals surface area contributed by atoms with Gasteiger partial charge in [0.15, 0.2) is 0 Å². The van der Waals surface area contributed by atoms with Crippen molar-refractivity contribution in [3.05, 3.63) is 64.7 Å². The van der Waals surface area contributed by atoms with Crippen LogP contribution in [0.2, 0.25) is 0 Å². The predicted molar refractivity (Wildman–Crippen MR) is 114 cm³/mol. The van der Waals surface area contributed by atoms with Crippen LogP contribution in [0, 0.1) is 5.82 Å². The van der Waals surface area contributed by atoms with Crippen LogP contribution in [-0.4, -0.2) is 47.6 Å². The highest BCUT2D eigenvalue weighted by molar-refractivity contribution is 6.07. The third-order valence-electron chi connectivity index (χ3n) is 5.98. The van der Waals surface area contributed by atoms with E-state index in [0.29, 0.717) is 49.4 Å². The zero-order valence-electron chi connectivity index (χ0n) is 17.2. The van der Waals surface area contributed by atoms with E-state index < -0.39 is 0 Å². The number of fused-ring (bicyclic) bond motifs is 1. The molecular formula is C23H27FN4O2. The lowest BCUT2D eigenvalue weighted by Gasteiger charge is -2.32. The van der Waals surface area contributed by atoms with Gasteiger partial charge in [0.2, 0.25) is 0 Å². The fourth-order valence-corrected chi connectivity index (χ4v) is 4.31. The molecule has 30 heavy (non-hydrogen) atoms. The number of likely N-dealkylation sites (tertiary alicyclic amines) is 1. The summed E-state index contributed by atoms with van der Waals surface area (Å²) >= 11 is 0. The van der Waals surface area contributed by atoms with Gasteiger partial charge in [-0.2, -0.15) is 0 Å². The largest absolute Gasteiger partial charge is 0.384 e. The van der Waals surface area contributed by atoms with E-state index in [1.165, 1.54) is 6.07 Å². The summed E-state index contributed by atoms with van der Waals surface area (Å²) in [7, 11) is 1.66. The smallest absolute Gasteiger partial charge is 0.256 e. The standard InChI is InChI=1S/C23H27FN4O2/c1-30-11-7-17-4-8-26-22-21(17)19(14-27-22)23(29)28-9-5-16(6-10-28)18-12-15(13-25)2-3-20(18)24/h2-4,8,12,14,16H,5-7,9-11,13,25H2,1H3,(H,26,27). The number of nitrogens with zero attached hydrogens (tertiary/aromatic N) is 2. The van der Waals surface area contributed by atoms with Crippen molar-refractivity contribution in [2.24, 2.45) is 5.73 Å². The molecule has 1 aliphatic rings. The van der Waals surface area contributed by atoms with Gasteiger partial charge in [-0.15, -0.1) is 0 Å². The summed E-state index contributed by atoms with van der Waals surface area (Å²) in [6, 6.07) is 7.02. The first-order valence-electron chi connectivity index (χ1n) is 10.3. The van der Waals surface area contributed by atoms with Crippen molar-refractivity contribution < 1.29 is 13.9 Å². The average Bonchev–Trinajstić information content (AvgIpc) is 3.22. The van der Waals surface area contributed by atoms with Gasteiger partial charge in [0.05, 0.1) is 12.2 Å². The molecule has 0 bridgehead atoms. The molecule has 0 radical (unpaired) electrons. The number of amides is 1. The maximum Gasteiger partial charge on any atom is 0.256 e. The zero-order valence-corrected chi connectivity index (χ0v) is 17.2. The molecule has 0 aliphatic carbocycles. The number of piperidine rings is 1. The first-order valence-corrected chi connectivity index (χ1v) is 10.3. The highest BCUT2D eigenvalue weighted by Gasteiger charge is 2.28. The summed E-state index contributed by atoms with van der Waals surface area (Å²) in [4.78, 5) is 22.6. The minimum Gasteiger partial charge on any atom is -0.384 e. The normalized spacial score (nSPS) is 15.1. The molecule has 6 nitrogen and oxygen atoms in total. The van der Waals surface area contributed by atoms with Crippen LogP contribution >= 0.6 is 0 Å². The van der Waals surface area contributed by atoms with Gasteiger partial charge in [0.1, 0.15) is 11.5 Å². The van der Waals surface area contributed by atoms with E-state index in [9.17, 15) is 9.18 Å². The molecule has 1 aromatic carbocycles. The first-order chi connectivity index (χ1) is 14.6. The van der Waals surface area contributed by atoms with Crippen molar-refractivity contribution in [1.82, 2.24) is 14.9 Å². The summed E-state index contributed by atoms with van der Waals surface area (Å²) in [6.45, 7) is 2.16. The summed E-state index contributed by atoms with van der Waals surface area (Å²) in [6.07, 6.45) is 5.66. The SMILES string of the molecule is COCCc1ccnc2[nH]cc(C(=O)N3CCC(c4cc(CN)ccc4F)CC3)c12. The Morgan fingerprint density at radius 2 is 2.13 bits per heavy atom. The number of halogens is 1. The summed E-state index contributed by atoms with van der Waals surface area (Å²) in [5, 5.41) is 0.864. The Morgan fingerprint density at radius 1 is 1.33 bits per heavy atom. The number of hydrogen-bond acceptors (Lipinski definition) is 4. The highest BCUT2D eigenvalue weighted by atomic mass is 19.1. The fourth-order valence-electron chi connectivity index (χ4n) is 4.31. The fraction of sp³-hybridized carbons (Fsp3) is 0.391. The lowest BCUT2D eigenvalue weighted by atomic mass is 9.88. The van der Waals surface area contributed by atoms with Gasteiger partial charge < -0.3 is 20.4 Å². The number of aromatic nitrogens is 2. The van der Waals surface area contributed by atoms with Gasteiger partial charge in [-0.1, -0.05) is 12.1 Å². The molecule has 7 heteroatoms. The number of aromatic amines is 1. The molecule has 1 fully saturated rings. The number of carbonyl (C=O) groups is 1. The first kappa shape index (κ1) is 20.5. The van der Waals surface area contributed by atoms with Gasteiger partial charge in [0.25, 0.3) is 5.91 Å². The second-order valence-electron chi connectivity index (χ2n) is 7.77. The molecule has 0 unspecified atom stereocenters. The molecule has 0 atom stereocenters. The van der Waals surface area contributed by atoms with Crippen LogP contribution < -0.4 is 5.73 Å². The minimum atomic E-state index is -0.192. The lowest BCUT2D eigenvalue weighted by molar-refractivity contribution is 0.0714. The molecule has 2 aromatic heterocycles. The zero-order chi connectivity index (χ0) is 21.1. The Bertz CT molecular complexity index is 1040. The van der Waals surface area contributed by atoms with E-state index >= 15 is 0 Å². The van der Waals surface area contributed by atoms with Crippen LogP contribution in [0.3, 0.4) is 0 Å². The Hall–Kier alpha value is -2.77. The van der Waals surface area contributed by atoms with E-state index in [1.54, 1.807) is 25.6 Å². The van der Waals surface area contributed by atoms with Crippen LogP contribution in [0.1, 0.15) is 45.8 Å². The Morgan fingerprint density at radius 3 is 2.87 bits per heavy atom. The number of benzene rings is 1. The minimum absolute atomic E-state index is 0.0115. The number of rotatable bonds is 6. The monoisotopic (exact) mass is 410 g/mol. The van der Waals surface area contributed by atoms with Crippen molar-refractivity contribution in [3.63, 3.8) is 0 Å². The number of ether oxygens (including phenoxy) is 1. The van der Waals surface area contributed by atoms with Crippen molar-refractivity contribution >= 4 is 16.9 Å². The van der Waals surface area contributed by atoms with E-state index in [0.717, 1.165) is 29.4 Å². The molecule has 3 heterocycles. The predicted octanol–water partition coefficient (Wildman–Crippen LogP) is 3.37. The lowest BCUT2D eigenvalue weighted by Crippen LogP contribution is -2.38. The second kappa shape index (κ2) is 8.93. The van der Waals surface area contributed by atoms with Gasteiger partial charge >= 0.3 is 0 Å². The number of hydrogen-bond donors (Lipinski definition) is 2. The molecular weight excluding hydrogens is 383 g/mol. The number of methoxy groups -OCH3 is 1. The van der Waals surface area contributed by atoms with Crippen molar-refractivity contribution in [1.29, 1.82) is 0 Å². The molecule has 0 spiro atoms. The average molecular weight is 410 g/mol. The van der Waals surface area contributed by atoms with Crippen molar-refractivity contribution in [2.45, 2.75) is 31.7 Å². The van der Waals surface area contributed by atoms with Gasteiger partial charge in [-0.25, -0.2) is 9.37 Å². The molecule has 1 saturated heterocycles. The van der Waals surface area contributed by atoms with Crippen LogP contribution in [-0.2, 0) is 17.7 Å². The number of pyridine rings is 1. The number of carbonyl (C=O) groups excluding carboxylic acids is 1. The van der Waals surface area contributed by atoms with Gasteiger partial charge in [-0.05, 0) is 54.0 Å². The molecule has 158 valence electrons. The van der Waals surface area contributed by atoms with E-state index in [-0.39, 0.29) is 17.6 Å². The molecule has 3 aromatic rings.